The van der Waals surface area contributed by atoms with E-state index in [4.69, 9.17) is 23.8 Å². The Kier molecular flexibility index (Phi) is 5.32. The summed E-state index contributed by atoms with van der Waals surface area (Å²) in [4.78, 5) is 6.29. The monoisotopic (exact) mass is 305 g/mol. The van der Waals surface area contributed by atoms with Gasteiger partial charge in [-0.1, -0.05) is 23.7 Å². The standard InChI is InChI=1S/C15H16ClN3S/c1-19(10-8-13-6-2-3-9-17-13)15(20)18-14-7-4-5-12(16)11-14/h2-7,9,11H,8,10H2,1H3,(H,18,20). The molecule has 0 bridgehead atoms. The number of nitrogens with one attached hydrogen (secondary N) is 1. The SMILES string of the molecule is CN(CCc1ccccn1)C(=S)Nc1cccc(Cl)c1. The second kappa shape index (κ2) is 7.22. The fourth-order valence-electron chi connectivity index (χ4n) is 1.71. The van der Waals surface area contributed by atoms with Crippen LogP contribution in [0.3, 0.4) is 0 Å². The molecule has 1 aromatic heterocycles. The summed E-state index contributed by atoms with van der Waals surface area (Å²) in [5, 5.41) is 4.53. The predicted octanol–water partition coefficient (Wildman–Crippen LogP) is 3.61. The lowest BCUT2D eigenvalue weighted by molar-refractivity contribution is 0.512. The van der Waals surface area contributed by atoms with Gasteiger partial charge in [-0.15, -0.1) is 0 Å². The first-order valence-electron chi connectivity index (χ1n) is 6.33. The van der Waals surface area contributed by atoms with Gasteiger partial charge in [0.25, 0.3) is 0 Å². The summed E-state index contributed by atoms with van der Waals surface area (Å²) in [6.07, 6.45) is 2.66. The molecule has 0 aliphatic carbocycles. The highest BCUT2D eigenvalue weighted by Crippen LogP contribution is 2.15. The molecule has 2 rings (SSSR count). The Morgan fingerprint density at radius 1 is 1.30 bits per heavy atom. The summed E-state index contributed by atoms with van der Waals surface area (Å²) < 4.78 is 0. The highest BCUT2D eigenvalue weighted by Gasteiger charge is 2.05. The lowest BCUT2D eigenvalue weighted by atomic mass is 10.2. The molecule has 20 heavy (non-hydrogen) atoms. The molecular formula is C15H16ClN3S. The van der Waals surface area contributed by atoms with Crippen LogP contribution in [0.5, 0.6) is 0 Å². The normalized spacial score (nSPS) is 10.1. The summed E-state index contributed by atoms with van der Waals surface area (Å²) in [6.45, 7) is 0.809. The van der Waals surface area contributed by atoms with E-state index >= 15 is 0 Å². The number of hydrogen-bond acceptors (Lipinski definition) is 2. The molecule has 104 valence electrons. The number of nitrogens with zero attached hydrogens (tertiary/aromatic N) is 2. The van der Waals surface area contributed by atoms with Crippen LogP contribution >= 0.6 is 23.8 Å². The largest absolute Gasteiger partial charge is 0.352 e. The second-order valence-corrected chi connectivity index (χ2v) is 5.26. The molecule has 0 atom stereocenters. The summed E-state index contributed by atoms with van der Waals surface area (Å²) in [5.41, 5.74) is 1.96. The molecule has 0 unspecified atom stereocenters. The number of likely N-dealkylation sites (N-methyl/N-ethyl adjacent to an activating group) is 1. The summed E-state index contributed by atoms with van der Waals surface area (Å²) in [6, 6.07) is 13.4. The van der Waals surface area contributed by atoms with E-state index in [0.717, 1.165) is 24.3 Å². The van der Waals surface area contributed by atoms with E-state index in [2.05, 4.69) is 10.3 Å². The zero-order valence-corrected chi connectivity index (χ0v) is 12.8. The van der Waals surface area contributed by atoms with Crippen molar-refractivity contribution in [3.63, 3.8) is 0 Å². The third-order valence-corrected chi connectivity index (χ3v) is 3.50. The molecule has 0 radical (unpaired) electrons. The molecule has 5 heteroatoms. The van der Waals surface area contributed by atoms with Crippen LogP contribution in [0.2, 0.25) is 5.02 Å². The zero-order valence-electron chi connectivity index (χ0n) is 11.2. The smallest absolute Gasteiger partial charge is 0.173 e. The zero-order chi connectivity index (χ0) is 14.4. The average Bonchev–Trinajstić information content (AvgIpc) is 2.46. The molecule has 0 aliphatic heterocycles. The van der Waals surface area contributed by atoms with Gasteiger partial charge in [-0.3, -0.25) is 4.98 Å². The van der Waals surface area contributed by atoms with Crippen LogP contribution in [0.1, 0.15) is 5.69 Å². The van der Waals surface area contributed by atoms with Crippen LogP contribution in [0.25, 0.3) is 0 Å². The molecule has 0 spiro atoms. The van der Waals surface area contributed by atoms with E-state index in [0.29, 0.717) is 10.1 Å². The Morgan fingerprint density at radius 2 is 2.15 bits per heavy atom. The number of aromatic nitrogens is 1. The second-order valence-electron chi connectivity index (χ2n) is 4.43. The molecule has 0 fully saturated rings. The van der Waals surface area contributed by atoms with Crippen LogP contribution in [0.4, 0.5) is 5.69 Å². The Hall–Kier alpha value is -1.65. The van der Waals surface area contributed by atoms with Gasteiger partial charge in [-0.2, -0.15) is 0 Å². The first-order valence-corrected chi connectivity index (χ1v) is 7.11. The molecule has 1 aromatic carbocycles. The Morgan fingerprint density at radius 3 is 2.85 bits per heavy atom. The van der Waals surface area contributed by atoms with E-state index in [9.17, 15) is 0 Å². The fraction of sp³-hybridized carbons (Fsp3) is 0.200. The summed E-state index contributed by atoms with van der Waals surface area (Å²) >= 11 is 11.3. The average molecular weight is 306 g/mol. The third kappa shape index (κ3) is 4.47. The molecule has 0 saturated carbocycles. The highest BCUT2D eigenvalue weighted by molar-refractivity contribution is 7.80. The van der Waals surface area contributed by atoms with E-state index in [-0.39, 0.29) is 0 Å². The van der Waals surface area contributed by atoms with E-state index in [1.165, 1.54) is 0 Å². The molecular weight excluding hydrogens is 290 g/mol. The quantitative estimate of drug-likeness (QED) is 0.874. The number of anilines is 1. The number of pyridine rings is 1. The van der Waals surface area contributed by atoms with Gasteiger partial charge in [0.1, 0.15) is 0 Å². The van der Waals surface area contributed by atoms with Crippen molar-refractivity contribution in [2.45, 2.75) is 6.42 Å². The lowest BCUT2D eigenvalue weighted by Crippen LogP contribution is -2.32. The summed E-state index contributed by atoms with van der Waals surface area (Å²) in [5.74, 6) is 0. The van der Waals surface area contributed by atoms with Gasteiger partial charge in [0.05, 0.1) is 0 Å². The van der Waals surface area contributed by atoms with Crippen molar-refractivity contribution >= 4 is 34.6 Å². The molecule has 3 nitrogen and oxygen atoms in total. The minimum absolute atomic E-state index is 0.670. The molecule has 0 amide bonds. The van der Waals surface area contributed by atoms with Crippen LogP contribution < -0.4 is 5.32 Å². The van der Waals surface area contributed by atoms with Gasteiger partial charge in [-0.25, -0.2) is 0 Å². The number of hydrogen-bond donors (Lipinski definition) is 1. The minimum Gasteiger partial charge on any atom is -0.352 e. The lowest BCUT2D eigenvalue weighted by Gasteiger charge is -2.21. The van der Waals surface area contributed by atoms with Gasteiger partial charge in [-0.05, 0) is 42.5 Å². The fourth-order valence-corrected chi connectivity index (χ4v) is 2.11. The maximum absolute atomic E-state index is 5.94. The van der Waals surface area contributed by atoms with Crippen LogP contribution in [-0.2, 0) is 6.42 Å². The maximum Gasteiger partial charge on any atom is 0.173 e. The van der Waals surface area contributed by atoms with E-state index in [1.54, 1.807) is 6.20 Å². The van der Waals surface area contributed by atoms with Crippen molar-refractivity contribution in [2.24, 2.45) is 0 Å². The molecule has 0 aliphatic rings. The van der Waals surface area contributed by atoms with Crippen LogP contribution in [0.15, 0.2) is 48.7 Å². The molecule has 0 saturated heterocycles. The maximum atomic E-state index is 5.94. The van der Waals surface area contributed by atoms with Crippen molar-refractivity contribution in [3.8, 4) is 0 Å². The molecule has 1 heterocycles. The van der Waals surface area contributed by atoms with Gasteiger partial charge >= 0.3 is 0 Å². The summed E-state index contributed by atoms with van der Waals surface area (Å²) in [7, 11) is 1.96. The first kappa shape index (κ1) is 14.8. The number of halogens is 1. The Balaban J connectivity index is 1.86. The van der Waals surface area contributed by atoms with Crippen LogP contribution in [0, 0.1) is 0 Å². The van der Waals surface area contributed by atoms with E-state index < -0.39 is 0 Å². The van der Waals surface area contributed by atoms with Crippen molar-refractivity contribution < 1.29 is 0 Å². The Bertz CT molecular complexity index is 574. The predicted molar refractivity (Wildman–Crippen MR) is 88.2 cm³/mol. The third-order valence-electron chi connectivity index (χ3n) is 2.85. The molecule has 2 aromatic rings. The van der Waals surface area contributed by atoms with Crippen LogP contribution in [-0.4, -0.2) is 28.6 Å². The van der Waals surface area contributed by atoms with Crippen molar-refractivity contribution in [2.75, 3.05) is 18.9 Å². The van der Waals surface area contributed by atoms with Gasteiger partial charge in [0, 0.05) is 42.6 Å². The van der Waals surface area contributed by atoms with Crippen molar-refractivity contribution in [1.82, 2.24) is 9.88 Å². The van der Waals surface area contributed by atoms with Gasteiger partial charge < -0.3 is 10.2 Å². The van der Waals surface area contributed by atoms with Gasteiger partial charge in [0.2, 0.25) is 0 Å². The van der Waals surface area contributed by atoms with Crippen molar-refractivity contribution in [3.05, 3.63) is 59.4 Å². The first-order chi connectivity index (χ1) is 9.65. The number of thiocarbonyl (C=S) groups is 1. The highest BCUT2D eigenvalue weighted by atomic mass is 35.5. The van der Waals surface area contributed by atoms with E-state index in [1.807, 2.05) is 54.4 Å². The number of benzene rings is 1. The minimum atomic E-state index is 0.670. The van der Waals surface area contributed by atoms with Gasteiger partial charge in [0.15, 0.2) is 5.11 Å². The van der Waals surface area contributed by atoms with Crippen molar-refractivity contribution in [1.29, 1.82) is 0 Å². The topological polar surface area (TPSA) is 28.2 Å². The molecule has 1 N–H and O–H groups in total. The Labute approximate surface area is 129 Å². The number of rotatable bonds is 4.